The Hall–Kier alpha value is 0.0800. The van der Waals surface area contributed by atoms with E-state index in [2.05, 4.69) is 52.0 Å². The van der Waals surface area contributed by atoms with Gasteiger partial charge >= 0.3 is 0 Å². The van der Waals surface area contributed by atoms with Crippen molar-refractivity contribution in [1.29, 1.82) is 0 Å². The molecule has 0 spiro atoms. The van der Waals surface area contributed by atoms with Crippen molar-refractivity contribution in [3.63, 3.8) is 0 Å². The Morgan fingerprint density at radius 2 is 0.846 bits per heavy atom. The molecule has 4 bridgehead atoms. The molecule has 0 nitrogen and oxygen atoms in total. The van der Waals surface area contributed by atoms with Gasteiger partial charge in [0.25, 0.3) is 0 Å². The minimum absolute atomic E-state index is 0.110. The molecule has 5 rings (SSSR count). The highest BCUT2D eigenvalue weighted by Gasteiger charge is 2.54. The molecule has 144 valence electrons. The van der Waals surface area contributed by atoms with E-state index < -0.39 is 0 Å². The van der Waals surface area contributed by atoms with Crippen LogP contribution in [0.1, 0.15) is 67.2 Å². The predicted molar refractivity (Wildman–Crippen MR) is 121 cm³/mol. The molecule has 8 atom stereocenters. The monoisotopic (exact) mass is 388 g/mol. The van der Waals surface area contributed by atoms with Crippen molar-refractivity contribution in [2.75, 3.05) is 0 Å². The van der Waals surface area contributed by atoms with E-state index >= 15 is 0 Å². The second-order valence-electron chi connectivity index (χ2n) is 9.42. The molecular weight excluding hydrogens is 350 g/mol. The third-order valence-corrected chi connectivity index (χ3v) is 15.8. The second kappa shape index (κ2) is 7.48. The van der Waals surface area contributed by atoms with Gasteiger partial charge < -0.3 is 0 Å². The van der Waals surface area contributed by atoms with Crippen molar-refractivity contribution >= 4 is 26.5 Å². The van der Waals surface area contributed by atoms with E-state index in [1.165, 1.54) is 25.7 Å². The fourth-order valence-corrected chi connectivity index (χ4v) is 16.0. The molecule has 2 heteroatoms. The molecule has 0 saturated carbocycles. The highest BCUT2D eigenvalue weighted by atomic mass is 31.1. The molecule has 4 aliphatic heterocycles. The van der Waals surface area contributed by atoms with E-state index in [0.717, 1.165) is 46.3 Å². The van der Waals surface area contributed by atoms with Crippen molar-refractivity contribution < 1.29 is 0 Å². The Kier molecular flexibility index (Phi) is 5.58. The van der Waals surface area contributed by atoms with Gasteiger partial charge in [0, 0.05) is 0 Å². The van der Waals surface area contributed by atoms with E-state index in [0.29, 0.717) is 0 Å². The summed E-state index contributed by atoms with van der Waals surface area (Å²) in [4.78, 5) is 0. The van der Waals surface area contributed by atoms with Gasteiger partial charge in [-0.3, -0.25) is 0 Å². The molecule has 1 aromatic rings. The van der Waals surface area contributed by atoms with Gasteiger partial charge in [0.1, 0.15) is 0 Å². The quantitative estimate of drug-likeness (QED) is 0.503. The number of benzene rings is 1. The third kappa shape index (κ3) is 2.85. The maximum atomic E-state index is 2.58. The zero-order chi connectivity index (χ0) is 18.6. The summed E-state index contributed by atoms with van der Waals surface area (Å²) in [6.45, 7) is 14.2. The molecule has 8 unspecified atom stereocenters. The van der Waals surface area contributed by atoms with E-state index in [1.54, 1.807) is 0 Å². The average molecular weight is 389 g/mol. The van der Waals surface area contributed by atoms with Crippen LogP contribution >= 0.6 is 15.8 Å². The van der Waals surface area contributed by atoms with E-state index in [4.69, 9.17) is 0 Å². The Morgan fingerprint density at radius 3 is 1.12 bits per heavy atom. The van der Waals surface area contributed by atoms with Gasteiger partial charge in [-0.05, 0) is 82.6 Å². The molecule has 0 aromatic heterocycles. The Balaban J connectivity index is 0.000000814. The van der Waals surface area contributed by atoms with E-state index in [-0.39, 0.29) is 15.8 Å². The normalized spacial score (nSPS) is 48.5. The van der Waals surface area contributed by atoms with Gasteiger partial charge in [-0.1, -0.05) is 81.7 Å². The molecule has 4 saturated heterocycles. The van der Waals surface area contributed by atoms with E-state index in [9.17, 15) is 0 Å². The molecule has 4 fully saturated rings. The molecule has 0 aliphatic carbocycles. The van der Waals surface area contributed by atoms with Gasteiger partial charge in [0.05, 0.1) is 0 Å². The van der Waals surface area contributed by atoms with Crippen LogP contribution in [-0.4, -0.2) is 22.6 Å². The van der Waals surface area contributed by atoms with Crippen molar-refractivity contribution in [2.45, 2.75) is 89.9 Å². The van der Waals surface area contributed by atoms with Gasteiger partial charge in [0.2, 0.25) is 0 Å². The smallest absolute Gasteiger partial charge is 0.0137 e. The summed E-state index contributed by atoms with van der Waals surface area (Å²) >= 11 is 0. The van der Waals surface area contributed by atoms with Crippen molar-refractivity contribution in [1.82, 2.24) is 0 Å². The lowest BCUT2D eigenvalue weighted by atomic mass is 9.84. The SMILES string of the molecule is CC.CC1CC2C(C)CC1P2c1ccccc1P1C2CC(C)C1CC2C. The maximum absolute atomic E-state index is 2.58. The first-order chi connectivity index (χ1) is 12.6. The topological polar surface area (TPSA) is 0 Å². The van der Waals surface area contributed by atoms with Crippen molar-refractivity contribution in [2.24, 2.45) is 23.7 Å². The van der Waals surface area contributed by atoms with Crippen LogP contribution in [0.25, 0.3) is 0 Å². The maximum Gasteiger partial charge on any atom is -0.0137 e. The summed E-state index contributed by atoms with van der Waals surface area (Å²) in [5, 5.41) is 3.75. The lowest BCUT2D eigenvalue weighted by molar-refractivity contribution is 0.365. The number of rotatable bonds is 2. The molecular formula is C24H38P2. The summed E-state index contributed by atoms with van der Waals surface area (Å²) < 4.78 is 0. The van der Waals surface area contributed by atoms with Crippen molar-refractivity contribution in [3.05, 3.63) is 24.3 Å². The Labute approximate surface area is 164 Å². The van der Waals surface area contributed by atoms with Crippen LogP contribution in [0.3, 0.4) is 0 Å². The van der Waals surface area contributed by atoms with Gasteiger partial charge in [-0.2, -0.15) is 0 Å². The zero-order valence-corrected chi connectivity index (χ0v) is 19.4. The van der Waals surface area contributed by atoms with E-state index in [1.807, 2.05) is 24.5 Å². The third-order valence-electron chi connectivity index (χ3n) is 7.95. The van der Waals surface area contributed by atoms with Gasteiger partial charge in [-0.25, -0.2) is 0 Å². The standard InChI is InChI=1S/C22H32P2.C2H6/c1-13-9-20-14(2)10-19(13)23(20)17-7-5-6-8-18(17)24-21-12-16(4)22(24)11-15(21)3;1-2/h5-8,13-16,19-22H,9-12H2,1-4H3;1-2H3. The first kappa shape index (κ1) is 19.4. The van der Waals surface area contributed by atoms with Gasteiger partial charge in [0.15, 0.2) is 0 Å². The molecule has 0 amide bonds. The van der Waals surface area contributed by atoms with Crippen LogP contribution < -0.4 is 10.6 Å². The fourth-order valence-electron chi connectivity index (χ4n) is 6.74. The summed E-state index contributed by atoms with van der Waals surface area (Å²) in [6, 6.07) is 9.86. The fraction of sp³-hybridized carbons (Fsp3) is 0.750. The summed E-state index contributed by atoms with van der Waals surface area (Å²) in [6.07, 6.45) is 6.07. The number of hydrogen-bond acceptors (Lipinski definition) is 0. The minimum atomic E-state index is 0.110. The molecule has 4 heterocycles. The van der Waals surface area contributed by atoms with Crippen LogP contribution in [0.4, 0.5) is 0 Å². The summed E-state index contributed by atoms with van der Waals surface area (Å²) in [5.41, 5.74) is 4.13. The van der Waals surface area contributed by atoms with Crippen LogP contribution in [0, 0.1) is 23.7 Å². The lowest BCUT2D eigenvalue weighted by Crippen LogP contribution is -2.27. The number of hydrogen-bond donors (Lipinski definition) is 0. The van der Waals surface area contributed by atoms with Crippen molar-refractivity contribution in [3.8, 4) is 0 Å². The average Bonchev–Trinajstić information content (AvgIpc) is 3.33. The Morgan fingerprint density at radius 1 is 0.577 bits per heavy atom. The lowest BCUT2D eigenvalue weighted by Gasteiger charge is -2.27. The van der Waals surface area contributed by atoms with Crippen LogP contribution in [0.15, 0.2) is 24.3 Å². The van der Waals surface area contributed by atoms with Crippen LogP contribution in [0.5, 0.6) is 0 Å². The molecule has 1 aromatic carbocycles. The highest BCUT2D eigenvalue weighted by molar-refractivity contribution is 7.74. The molecule has 4 aliphatic rings. The summed E-state index contributed by atoms with van der Waals surface area (Å²) in [5.74, 6) is 3.93. The predicted octanol–water partition coefficient (Wildman–Crippen LogP) is 6.56. The van der Waals surface area contributed by atoms with Crippen LogP contribution in [-0.2, 0) is 0 Å². The van der Waals surface area contributed by atoms with Gasteiger partial charge in [-0.15, -0.1) is 0 Å². The largest absolute Gasteiger partial charge is 0.0683 e. The first-order valence-corrected chi connectivity index (χ1v) is 14.2. The second-order valence-corrected chi connectivity index (χ2v) is 14.7. The molecule has 0 N–H and O–H groups in total. The zero-order valence-electron chi connectivity index (χ0n) is 17.7. The van der Waals surface area contributed by atoms with Crippen LogP contribution in [0.2, 0.25) is 0 Å². The highest BCUT2D eigenvalue weighted by Crippen LogP contribution is 2.70. The summed E-state index contributed by atoms with van der Waals surface area (Å²) in [7, 11) is 0.220. The molecule has 0 radical (unpaired) electrons. The Bertz CT molecular complexity index is 554. The minimum Gasteiger partial charge on any atom is -0.0683 e. The first-order valence-electron chi connectivity index (χ1n) is 11.2. The molecule has 26 heavy (non-hydrogen) atoms. The number of fused-ring (bicyclic) bond motifs is 4.